The van der Waals surface area contributed by atoms with Crippen molar-refractivity contribution in [3.63, 3.8) is 0 Å². The minimum Gasteiger partial charge on any atom is -0.382 e. The minimum atomic E-state index is -0.775. The van der Waals surface area contributed by atoms with Crippen molar-refractivity contribution < 1.29 is 5.11 Å². The molecule has 3 rings (SSSR count). The molecule has 3 heterocycles. The number of rotatable bonds is 1. The van der Waals surface area contributed by atoms with Gasteiger partial charge in [0.15, 0.2) is 5.82 Å². The predicted octanol–water partition coefficient (Wildman–Crippen LogP) is 2.03. The molecule has 4 heteroatoms. The van der Waals surface area contributed by atoms with Crippen LogP contribution in [0.4, 0.5) is 0 Å². The first-order valence-corrected chi connectivity index (χ1v) is 6.78. The normalized spacial score (nSPS) is 37.6. The zero-order chi connectivity index (χ0) is 11.2. The minimum absolute atomic E-state index is 0.605. The van der Waals surface area contributed by atoms with E-state index in [1.807, 2.05) is 24.8 Å². The Hall–Kier alpha value is -0.610. The van der Waals surface area contributed by atoms with E-state index in [0.29, 0.717) is 16.3 Å². The van der Waals surface area contributed by atoms with Crippen LogP contribution in [0.15, 0.2) is 12.3 Å². The fourth-order valence-electron chi connectivity index (χ4n) is 2.77. The summed E-state index contributed by atoms with van der Waals surface area (Å²) in [6.45, 7) is 1.95. The lowest BCUT2D eigenvalue weighted by Gasteiger charge is -2.34. The lowest BCUT2D eigenvalue weighted by atomic mass is 9.92. The highest BCUT2D eigenvalue weighted by molar-refractivity contribution is 8.00. The fourth-order valence-corrected chi connectivity index (χ4v) is 4.61. The van der Waals surface area contributed by atoms with E-state index in [1.54, 1.807) is 6.20 Å². The molecule has 16 heavy (non-hydrogen) atoms. The van der Waals surface area contributed by atoms with Gasteiger partial charge in [-0.2, -0.15) is 11.8 Å². The van der Waals surface area contributed by atoms with Gasteiger partial charge >= 0.3 is 0 Å². The van der Waals surface area contributed by atoms with Crippen molar-refractivity contribution in [3.05, 3.63) is 23.8 Å². The van der Waals surface area contributed by atoms with Crippen molar-refractivity contribution >= 4 is 11.8 Å². The highest BCUT2D eigenvalue weighted by Crippen LogP contribution is 2.50. The SMILES string of the molecule is Cc1ccnc(C2(O)CC3CCC(C2)S3)n1. The van der Waals surface area contributed by atoms with Crippen LogP contribution in [0.25, 0.3) is 0 Å². The van der Waals surface area contributed by atoms with Gasteiger partial charge in [-0.1, -0.05) is 0 Å². The van der Waals surface area contributed by atoms with E-state index in [-0.39, 0.29) is 0 Å². The quantitative estimate of drug-likeness (QED) is 0.810. The summed E-state index contributed by atoms with van der Waals surface area (Å²) in [5.41, 5.74) is 0.160. The van der Waals surface area contributed by atoms with E-state index < -0.39 is 5.60 Å². The number of aliphatic hydroxyl groups is 1. The van der Waals surface area contributed by atoms with Crippen LogP contribution in [0.2, 0.25) is 0 Å². The number of hydrogen-bond donors (Lipinski definition) is 1. The van der Waals surface area contributed by atoms with E-state index in [0.717, 1.165) is 18.5 Å². The Balaban J connectivity index is 1.93. The first-order valence-electron chi connectivity index (χ1n) is 5.84. The monoisotopic (exact) mass is 236 g/mol. The molecule has 2 atom stereocenters. The van der Waals surface area contributed by atoms with Gasteiger partial charge in [0.25, 0.3) is 0 Å². The molecular weight excluding hydrogens is 220 g/mol. The molecule has 3 nitrogen and oxygen atoms in total. The summed E-state index contributed by atoms with van der Waals surface area (Å²) in [4.78, 5) is 8.66. The average Bonchev–Trinajstić information content (AvgIpc) is 2.59. The van der Waals surface area contributed by atoms with Gasteiger partial charge in [-0.15, -0.1) is 0 Å². The summed E-state index contributed by atoms with van der Waals surface area (Å²) in [6.07, 6.45) is 5.86. The molecule has 0 spiro atoms. The first-order chi connectivity index (χ1) is 7.66. The van der Waals surface area contributed by atoms with Crippen LogP contribution in [0.3, 0.4) is 0 Å². The van der Waals surface area contributed by atoms with E-state index in [1.165, 1.54) is 12.8 Å². The molecular formula is C12H16N2OS. The summed E-state index contributed by atoms with van der Waals surface area (Å²) >= 11 is 2.04. The predicted molar refractivity (Wildman–Crippen MR) is 64.3 cm³/mol. The number of nitrogens with zero attached hydrogens (tertiary/aromatic N) is 2. The van der Waals surface area contributed by atoms with E-state index >= 15 is 0 Å². The molecule has 0 aliphatic carbocycles. The summed E-state index contributed by atoms with van der Waals surface area (Å²) < 4.78 is 0. The molecule has 0 aromatic carbocycles. The fraction of sp³-hybridized carbons (Fsp3) is 0.667. The van der Waals surface area contributed by atoms with Gasteiger partial charge in [-0.05, 0) is 38.7 Å². The standard InChI is InChI=1S/C12H16N2OS/c1-8-4-5-13-11(14-8)12(15)6-9-2-3-10(7-12)16-9/h4-5,9-10,15H,2-3,6-7H2,1H3. The van der Waals surface area contributed by atoms with Crippen molar-refractivity contribution in [3.8, 4) is 0 Å². The van der Waals surface area contributed by atoms with Crippen LogP contribution in [0, 0.1) is 6.92 Å². The molecule has 0 amide bonds. The Labute approximate surface area is 99.7 Å². The Morgan fingerprint density at radius 1 is 1.38 bits per heavy atom. The molecule has 1 aromatic heterocycles. The molecule has 2 saturated heterocycles. The maximum absolute atomic E-state index is 10.7. The van der Waals surface area contributed by atoms with Gasteiger partial charge in [-0.3, -0.25) is 0 Å². The van der Waals surface area contributed by atoms with Gasteiger partial charge in [0.2, 0.25) is 0 Å². The van der Waals surface area contributed by atoms with Crippen LogP contribution < -0.4 is 0 Å². The molecule has 2 aliphatic heterocycles. The maximum Gasteiger partial charge on any atom is 0.160 e. The van der Waals surface area contributed by atoms with Gasteiger partial charge in [0.05, 0.1) is 0 Å². The second-order valence-corrected chi connectivity index (χ2v) is 6.52. The molecule has 2 unspecified atom stereocenters. The molecule has 0 radical (unpaired) electrons. The summed E-state index contributed by atoms with van der Waals surface area (Å²) in [6, 6.07) is 1.87. The van der Waals surface area contributed by atoms with Gasteiger partial charge in [-0.25, -0.2) is 9.97 Å². The lowest BCUT2D eigenvalue weighted by molar-refractivity contribution is 0.0106. The highest BCUT2D eigenvalue weighted by Gasteiger charge is 2.45. The van der Waals surface area contributed by atoms with Crippen molar-refractivity contribution in [2.75, 3.05) is 0 Å². The highest BCUT2D eigenvalue weighted by atomic mass is 32.2. The molecule has 86 valence electrons. The van der Waals surface area contributed by atoms with Crippen molar-refractivity contribution in [1.29, 1.82) is 0 Å². The zero-order valence-electron chi connectivity index (χ0n) is 9.39. The van der Waals surface area contributed by atoms with E-state index in [2.05, 4.69) is 9.97 Å². The molecule has 1 aromatic rings. The summed E-state index contributed by atoms with van der Waals surface area (Å²) in [5, 5.41) is 11.9. The van der Waals surface area contributed by atoms with E-state index in [9.17, 15) is 5.11 Å². The number of hydrogen-bond acceptors (Lipinski definition) is 4. The molecule has 1 N–H and O–H groups in total. The van der Waals surface area contributed by atoms with Crippen LogP contribution in [0.5, 0.6) is 0 Å². The smallest absolute Gasteiger partial charge is 0.160 e. The third-order valence-corrected chi connectivity index (χ3v) is 5.11. The topological polar surface area (TPSA) is 46.0 Å². The summed E-state index contributed by atoms with van der Waals surface area (Å²) in [5.74, 6) is 0.629. The molecule has 0 saturated carbocycles. The Morgan fingerprint density at radius 3 is 2.69 bits per heavy atom. The molecule has 2 bridgehead atoms. The maximum atomic E-state index is 10.7. The van der Waals surface area contributed by atoms with Crippen LogP contribution >= 0.6 is 11.8 Å². The Morgan fingerprint density at radius 2 is 2.06 bits per heavy atom. The van der Waals surface area contributed by atoms with Crippen LogP contribution in [0.1, 0.15) is 37.2 Å². The average molecular weight is 236 g/mol. The number of aryl methyl sites for hydroxylation is 1. The third-order valence-electron chi connectivity index (χ3n) is 3.54. The summed E-state index contributed by atoms with van der Waals surface area (Å²) in [7, 11) is 0. The van der Waals surface area contributed by atoms with Crippen molar-refractivity contribution in [2.24, 2.45) is 0 Å². The lowest BCUT2D eigenvalue weighted by Crippen LogP contribution is -2.36. The Kier molecular flexibility index (Phi) is 2.44. The van der Waals surface area contributed by atoms with Crippen LogP contribution in [-0.4, -0.2) is 25.6 Å². The van der Waals surface area contributed by atoms with Crippen molar-refractivity contribution in [2.45, 2.75) is 48.7 Å². The van der Waals surface area contributed by atoms with Crippen molar-refractivity contribution in [1.82, 2.24) is 9.97 Å². The second kappa shape index (κ2) is 3.70. The number of aromatic nitrogens is 2. The third kappa shape index (κ3) is 1.74. The Bertz CT molecular complexity index is 398. The largest absolute Gasteiger partial charge is 0.382 e. The number of thioether (sulfide) groups is 1. The van der Waals surface area contributed by atoms with Gasteiger partial charge < -0.3 is 5.11 Å². The molecule has 2 fully saturated rings. The zero-order valence-corrected chi connectivity index (χ0v) is 10.2. The first kappa shape index (κ1) is 10.5. The van der Waals surface area contributed by atoms with Gasteiger partial charge in [0.1, 0.15) is 5.60 Å². The number of fused-ring (bicyclic) bond motifs is 2. The van der Waals surface area contributed by atoms with Crippen LogP contribution in [-0.2, 0) is 5.60 Å². The van der Waals surface area contributed by atoms with Gasteiger partial charge in [0, 0.05) is 22.4 Å². The second-order valence-electron chi connectivity index (χ2n) is 4.92. The van der Waals surface area contributed by atoms with E-state index in [4.69, 9.17) is 0 Å². The molecule has 2 aliphatic rings.